The molecule has 0 aliphatic heterocycles. The SMILES string of the molecule is CCNC(=NCc1cc(CC)no1)NCCc1ccccc1. The first-order chi connectivity index (χ1) is 10.8. The van der Waals surface area contributed by atoms with Gasteiger partial charge in [0.1, 0.15) is 6.54 Å². The molecule has 118 valence electrons. The van der Waals surface area contributed by atoms with Gasteiger partial charge in [0.25, 0.3) is 0 Å². The molecule has 0 saturated carbocycles. The maximum Gasteiger partial charge on any atom is 0.191 e. The van der Waals surface area contributed by atoms with Crippen molar-refractivity contribution >= 4 is 5.96 Å². The second-order valence-corrected chi connectivity index (χ2v) is 5.00. The minimum absolute atomic E-state index is 0.494. The fraction of sp³-hybridized carbons (Fsp3) is 0.412. The highest BCUT2D eigenvalue weighted by Gasteiger charge is 2.03. The zero-order valence-electron chi connectivity index (χ0n) is 13.3. The van der Waals surface area contributed by atoms with Crippen LogP contribution in [0.4, 0.5) is 0 Å². The average molecular weight is 300 g/mol. The summed E-state index contributed by atoms with van der Waals surface area (Å²) in [6.45, 7) is 6.27. The summed E-state index contributed by atoms with van der Waals surface area (Å²) in [5.41, 5.74) is 2.28. The number of nitrogens with one attached hydrogen (secondary N) is 2. The highest BCUT2D eigenvalue weighted by Crippen LogP contribution is 2.05. The Morgan fingerprint density at radius 1 is 1.18 bits per heavy atom. The molecule has 22 heavy (non-hydrogen) atoms. The summed E-state index contributed by atoms with van der Waals surface area (Å²) in [6, 6.07) is 12.4. The summed E-state index contributed by atoms with van der Waals surface area (Å²) >= 11 is 0. The van der Waals surface area contributed by atoms with Gasteiger partial charge in [-0.25, -0.2) is 4.99 Å². The summed E-state index contributed by atoms with van der Waals surface area (Å²) in [5.74, 6) is 1.59. The van der Waals surface area contributed by atoms with Gasteiger partial charge in [-0.05, 0) is 25.3 Å². The lowest BCUT2D eigenvalue weighted by Gasteiger charge is -2.10. The number of aromatic nitrogens is 1. The monoisotopic (exact) mass is 300 g/mol. The van der Waals surface area contributed by atoms with E-state index in [0.717, 1.165) is 43.3 Å². The van der Waals surface area contributed by atoms with Gasteiger partial charge >= 0.3 is 0 Å². The quantitative estimate of drug-likeness (QED) is 0.609. The molecule has 0 atom stereocenters. The number of guanidine groups is 1. The van der Waals surface area contributed by atoms with Crippen LogP contribution in [0.2, 0.25) is 0 Å². The van der Waals surface area contributed by atoms with Gasteiger partial charge in [0.05, 0.1) is 5.69 Å². The lowest BCUT2D eigenvalue weighted by atomic mass is 10.1. The Morgan fingerprint density at radius 2 is 2.00 bits per heavy atom. The van der Waals surface area contributed by atoms with Crippen molar-refractivity contribution in [2.75, 3.05) is 13.1 Å². The molecule has 2 N–H and O–H groups in total. The minimum atomic E-state index is 0.494. The molecular weight excluding hydrogens is 276 g/mol. The molecule has 2 rings (SSSR count). The number of hydrogen-bond donors (Lipinski definition) is 2. The Labute approximate surface area is 131 Å². The van der Waals surface area contributed by atoms with Crippen LogP contribution in [0.25, 0.3) is 0 Å². The van der Waals surface area contributed by atoms with E-state index < -0.39 is 0 Å². The van der Waals surface area contributed by atoms with E-state index in [1.54, 1.807) is 0 Å². The third-order valence-corrected chi connectivity index (χ3v) is 3.26. The van der Waals surface area contributed by atoms with E-state index in [1.807, 2.05) is 12.1 Å². The topological polar surface area (TPSA) is 62.5 Å². The first-order valence-electron chi connectivity index (χ1n) is 7.82. The highest BCUT2D eigenvalue weighted by atomic mass is 16.5. The molecule has 5 nitrogen and oxygen atoms in total. The number of rotatable bonds is 7. The van der Waals surface area contributed by atoms with Crippen LogP contribution in [-0.2, 0) is 19.4 Å². The molecule has 0 fully saturated rings. The molecule has 1 heterocycles. The molecule has 1 aromatic carbocycles. The second kappa shape index (κ2) is 8.87. The molecule has 2 aromatic rings. The van der Waals surface area contributed by atoms with Crippen LogP contribution in [0.15, 0.2) is 45.9 Å². The maximum absolute atomic E-state index is 5.25. The zero-order chi connectivity index (χ0) is 15.6. The van der Waals surface area contributed by atoms with E-state index in [4.69, 9.17) is 4.52 Å². The summed E-state index contributed by atoms with van der Waals surface area (Å²) in [5, 5.41) is 10.5. The minimum Gasteiger partial charge on any atom is -0.359 e. The Balaban J connectivity index is 1.84. The standard InChI is InChI=1S/C17H24N4O/c1-3-15-12-16(22-21-15)13-20-17(18-4-2)19-11-10-14-8-6-5-7-9-14/h5-9,12H,3-4,10-11,13H2,1-2H3,(H2,18,19,20). The van der Waals surface area contributed by atoms with Crippen LogP contribution in [0.3, 0.4) is 0 Å². The molecule has 0 amide bonds. The average Bonchev–Trinajstić information content (AvgIpc) is 3.02. The van der Waals surface area contributed by atoms with Gasteiger partial charge in [-0.1, -0.05) is 42.4 Å². The molecule has 5 heteroatoms. The summed E-state index contributed by atoms with van der Waals surface area (Å²) < 4.78 is 5.25. The van der Waals surface area contributed by atoms with Crippen LogP contribution >= 0.6 is 0 Å². The number of aryl methyl sites for hydroxylation is 1. The first-order valence-corrected chi connectivity index (χ1v) is 7.82. The van der Waals surface area contributed by atoms with Gasteiger partial charge in [0, 0.05) is 19.2 Å². The second-order valence-electron chi connectivity index (χ2n) is 5.00. The zero-order valence-corrected chi connectivity index (χ0v) is 13.3. The normalized spacial score (nSPS) is 11.5. The largest absolute Gasteiger partial charge is 0.359 e. The van der Waals surface area contributed by atoms with Crippen LogP contribution in [0.5, 0.6) is 0 Å². The predicted octanol–water partition coefficient (Wildman–Crippen LogP) is 2.53. The Bertz CT molecular complexity index is 577. The first kappa shape index (κ1) is 16.1. The molecule has 0 aliphatic carbocycles. The molecule has 0 bridgehead atoms. The predicted molar refractivity (Wildman–Crippen MR) is 88.8 cm³/mol. The van der Waals surface area contributed by atoms with Crippen molar-refractivity contribution in [3.05, 3.63) is 53.4 Å². The van der Waals surface area contributed by atoms with Crippen LogP contribution in [-0.4, -0.2) is 24.2 Å². The molecule has 0 aliphatic rings. The Hall–Kier alpha value is -2.30. The Morgan fingerprint density at radius 3 is 2.68 bits per heavy atom. The molecule has 0 radical (unpaired) electrons. The van der Waals surface area contributed by atoms with Crippen molar-refractivity contribution < 1.29 is 4.52 Å². The van der Waals surface area contributed by atoms with E-state index in [9.17, 15) is 0 Å². The fourth-order valence-corrected chi connectivity index (χ4v) is 2.07. The summed E-state index contributed by atoms with van der Waals surface area (Å²) in [6.07, 6.45) is 1.84. The molecule has 1 aromatic heterocycles. The molecule has 0 saturated heterocycles. The van der Waals surface area contributed by atoms with Gasteiger partial charge in [-0.15, -0.1) is 0 Å². The van der Waals surface area contributed by atoms with Crippen molar-refractivity contribution in [1.82, 2.24) is 15.8 Å². The van der Waals surface area contributed by atoms with Gasteiger partial charge in [-0.2, -0.15) is 0 Å². The maximum atomic E-state index is 5.25. The summed E-state index contributed by atoms with van der Waals surface area (Å²) in [4.78, 5) is 4.52. The smallest absolute Gasteiger partial charge is 0.191 e. The lowest BCUT2D eigenvalue weighted by Crippen LogP contribution is -2.38. The van der Waals surface area contributed by atoms with Gasteiger partial charge in [-0.3, -0.25) is 0 Å². The van der Waals surface area contributed by atoms with Gasteiger partial charge in [0.2, 0.25) is 0 Å². The summed E-state index contributed by atoms with van der Waals surface area (Å²) in [7, 11) is 0. The van der Waals surface area contributed by atoms with Gasteiger partial charge in [0.15, 0.2) is 11.7 Å². The van der Waals surface area contributed by atoms with E-state index in [0.29, 0.717) is 6.54 Å². The van der Waals surface area contributed by atoms with Crippen LogP contribution < -0.4 is 10.6 Å². The van der Waals surface area contributed by atoms with Crippen molar-refractivity contribution in [1.29, 1.82) is 0 Å². The van der Waals surface area contributed by atoms with Crippen LogP contribution in [0, 0.1) is 0 Å². The van der Waals surface area contributed by atoms with E-state index in [2.05, 4.69) is 58.9 Å². The molecular formula is C17H24N4O. The van der Waals surface area contributed by atoms with Crippen molar-refractivity contribution in [3.8, 4) is 0 Å². The van der Waals surface area contributed by atoms with Crippen molar-refractivity contribution in [3.63, 3.8) is 0 Å². The Kier molecular flexibility index (Phi) is 6.48. The third-order valence-electron chi connectivity index (χ3n) is 3.26. The van der Waals surface area contributed by atoms with Crippen LogP contribution in [0.1, 0.15) is 30.9 Å². The van der Waals surface area contributed by atoms with E-state index in [1.165, 1.54) is 5.56 Å². The van der Waals surface area contributed by atoms with Crippen molar-refractivity contribution in [2.24, 2.45) is 4.99 Å². The van der Waals surface area contributed by atoms with E-state index in [-0.39, 0.29) is 0 Å². The number of benzene rings is 1. The van der Waals surface area contributed by atoms with Gasteiger partial charge < -0.3 is 15.2 Å². The number of aliphatic imine (C=N–C) groups is 1. The number of nitrogens with zero attached hydrogens (tertiary/aromatic N) is 2. The lowest BCUT2D eigenvalue weighted by molar-refractivity contribution is 0.379. The third kappa shape index (κ3) is 5.24. The molecule has 0 spiro atoms. The van der Waals surface area contributed by atoms with E-state index >= 15 is 0 Å². The number of hydrogen-bond acceptors (Lipinski definition) is 3. The molecule has 0 unspecified atom stereocenters. The van der Waals surface area contributed by atoms with Crippen molar-refractivity contribution in [2.45, 2.75) is 33.2 Å². The highest BCUT2D eigenvalue weighted by molar-refractivity contribution is 5.79. The fourth-order valence-electron chi connectivity index (χ4n) is 2.07.